The number of halogens is 4. The molecule has 0 radical (unpaired) electrons. The summed E-state index contributed by atoms with van der Waals surface area (Å²) in [6, 6.07) is 0.979. The molecule has 1 heterocycles. The van der Waals surface area contributed by atoms with Gasteiger partial charge in [0, 0.05) is 12.6 Å². The van der Waals surface area contributed by atoms with E-state index in [0.717, 1.165) is 6.07 Å². The molecule has 0 atom stereocenters. The van der Waals surface area contributed by atoms with E-state index in [1.807, 2.05) is 0 Å². The first-order valence-corrected chi connectivity index (χ1v) is 4.48. The van der Waals surface area contributed by atoms with Crippen molar-refractivity contribution in [2.45, 2.75) is 19.0 Å². The second-order valence-electron chi connectivity index (χ2n) is 2.88. The van der Waals surface area contributed by atoms with E-state index in [9.17, 15) is 13.2 Å². The fraction of sp³-hybridized carbons (Fsp3) is 0.300. The zero-order valence-corrected chi connectivity index (χ0v) is 8.36. The van der Waals surface area contributed by atoms with Gasteiger partial charge in [0.25, 0.3) is 0 Å². The molecule has 80 valence electrons. The van der Waals surface area contributed by atoms with E-state index in [2.05, 4.69) is 10.9 Å². The smallest absolute Gasteiger partial charge is 0.244 e. The van der Waals surface area contributed by atoms with E-state index in [1.54, 1.807) is 0 Å². The van der Waals surface area contributed by atoms with Crippen LogP contribution in [-0.4, -0.2) is 4.98 Å². The summed E-state index contributed by atoms with van der Waals surface area (Å²) >= 11 is 5.63. The molecule has 0 aliphatic carbocycles. The highest BCUT2D eigenvalue weighted by molar-refractivity contribution is 6.30. The molecule has 15 heavy (non-hydrogen) atoms. The van der Waals surface area contributed by atoms with Crippen LogP contribution in [-0.2, 0) is 12.6 Å². The van der Waals surface area contributed by atoms with Crippen molar-refractivity contribution < 1.29 is 13.2 Å². The third-order valence-electron chi connectivity index (χ3n) is 1.78. The van der Waals surface area contributed by atoms with Gasteiger partial charge in [0.2, 0.25) is 0 Å². The molecule has 0 bridgehead atoms. The quantitative estimate of drug-likeness (QED) is 0.564. The van der Waals surface area contributed by atoms with Crippen LogP contribution in [0, 0.1) is 12.3 Å². The average Bonchev–Trinajstić information content (AvgIpc) is 2.15. The number of alkyl halides is 3. The fourth-order valence-corrected chi connectivity index (χ4v) is 1.23. The second kappa shape index (κ2) is 4.54. The molecule has 0 N–H and O–H groups in total. The number of aromatic nitrogens is 1. The molecule has 0 spiro atoms. The van der Waals surface area contributed by atoms with Crippen LogP contribution in [0.4, 0.5) is 13.2 Å². The van der Waals surface area contributed by atoms with Gasteiger partial charge in [-0.05, 0) is 18.1 Å². The Bertz CT molecular complexity index is 393. The van der Waals surface area contributed by atoms with Crippen LogP contribution >= 0.6 is 11.6 Å². The lowest BCUT2D eigenvalue weighted by atomic mass is 10.1. The minimum absolute atomic E-state index is 0.0678. The number of aryl methyl sites for hydroxylation is 1. The van der Waals surface area contributed by atoms with E-state index < -0.39 is 11.7 Å². The van der Waals surface area contributed by atoms with Gasteiger partial charge in [-0.25, -0.2) is 4.98 Å². The molecule has 0 aliphatic rings. The monoisotopic (exact) mass is 233 g/mol. The van der Waals surface area contributed by atoms with Crippen molar-refractivity contribution >= 4 is 11.6 Å². The Morgan fingerprint density at radius 2 is 2.13 bits per heavy atom. The SMILES string of the molecule is C#CCCc1cc(C(F)(F)F)cnc1Cl. The first kappa shape index (κ1) is 11.9. The summed E-state index contributed by atoms with van der Waals surface area (Å²) in [5, 5.41) is 0.0678. The Kier molecular flexibility index (Phi) is 3.59. The van der Waals surface area contributed by atoms with Gasteiger partial charge in [0.05, 0.1) is 5.56 Å². The Morgan fingerprint density at radius 3 is 2.67 bits per heavy atom. The van der Waals surface area contributed by atoms with Crippen LogP contribution in [0.15, 0.2) is 12.3 Å². The van der Waals surface area contributed by atoms with Gasteiger partial charge >= 0.3 is 6.18 Å². The molecule has 0 saturated carbocycles. The zero-order valence-electron chi connectivity index (χ0n) is 7.61. The van der Waals surface area contributed by atoms with Gasteiger partial charge in [-0.15, -0.1) is 12.3 Å². The van der Waals surface area contributed by atoms with E-state index in [0.29, 0.717) is 24.6 Å². The Labute approximate surface area is 90.3 Å². The average molecular weight is 234 g/mol. The Balaban J connectivity index is 3.01. The number of terminal acetylenes is 1. The van der Waals surface area contributed by atoms with Gasteiger partial charge in [-0.2, -0.15) is 13.2 Å². The minimum Gasteiger partial charge on any atom is -0.244 e. The highest BCUT2D eigenvalue weighted by Crippen LogP contribution is 2.30. The molecule has 0 aromatic carbocycles. The number of hydrogen-bond acceptors (Lipinski definition) is 1. The van der Waals surface area contributed by atoms with Gasteiger partial charge in [0.15, 0.2) is 0 Å². The van der Waals surface area contributed by atoms with Crippen molar-refractivity contribution in [3.8, 4) is 12.3 Å². The predicted octanol–water partition coefficient (Wildman–Crippen LogP) is 3.32. The summed E-state index contributed by atoms with van der Waals surface area (Å²) in [5.74, 6) is 2.33. The molecule has 0 unspecified atom stereocenters. The van der Waals surface area contributed by atoms with Crippen molar-refractivity contribution in [1.82, 2.24) is 4.98 Å². The molecule has 1 nitrogen and oxygen atoms in total. The zero-order chi connectivity index (χ0) is 11.5. The van der Waals surface area contributed by atoms with E-state index in [4.69, 9.17) is 18.0 Å². The molecule has 0 fully saturated rings. The molecule has 0 saturated heterocycles. The van der Waals surface area contributed by atoms with Gasteiger partial charge in [-0.3, -0.25) is 0 Å². The van der Waals surface area contributed by atoms with Gasteiger partial charge in [-0.1, -0.05) is 11.6 Å². The molecular weight excluding hydrogens is 227 g/mol. The number of rotatable bonds is 2. The normalized spacial score (nSPS) is 11.1. The topological polar surface area (TPSA) is 12.9 Å². The number of hydrogen-bond donors (Lipinski definition) is 0. The van der Waals surface area contributed by atoms with Crippen molar-refractivity contribution in [3.05, 3.63) is 28.5 Å². The van der Waals surface area contributed by atoms with Crippen LogP contribution in [0.5, 0.6) is 0 Å². The first-order valence-electron chi connectivity index (χ1n) is 4.10. The summed E-state index contributed by atoms with van der Waals surface area (Å²) in [4.78, 5) is 3.48. The van der Waals surface area contributed by atoms with Crippen LogP contribution in [0.3, 0.4) is 0 Å². The maximum absolute atomic E-state index is 12.3. The summed E-state index contributed by atoms with van der Waals surface area (Å²) < 4.78 is 36.9. The van der Waals surface area contributed by atoms with E-state index in [-0.39, 0.29) is 5.15 Å². The maximum atomic E-state index is 12.3. The summed E-state index contributed by atoms with van der Waals surface area (Å²) in [6.45, 7) is 0. The molecular formula is C10H7ClF3N. The molecule has 1 rings (SSSR count). The summed E-state index contributed by atoms with van der Waals surface area (Å²) in [6.07, 6.45) is 1.96. The Hall–Kier alpha value is -1.21. The highest BCUT2D eigenvalue weighted by Gasteiger charge is 2.31. The van der Waals surface area contributed by atoms with Crippen molar-refractivity contribution in [1.29, 1.82) is 0 Å². The maximum Gasteiger partial charge on any atom is 0.417 e. The van der Waals surface area contributed by atoms with Crippen LogP contribution in [0.25, 0.3) is 0 Å². The van der Waals surface area contributed by atoms with Crippen LogP contribution in [0.1, 0.15) is 17.5 Å². The third kappa shape index (κ3) is 3.14. The lowest BCUT2D eigenvalue weighted by Gasteiger charge is -2.08. The van der Waals surface area contributed by atoms with E-state index >= 15 is 0 Å². The third-order valence-corrected chi connectivity index (χ3v) is 2.12. The highest BCUT2D eigenvalue weighted by atomic mass is 35.5. The fourth-order valence-electron chi connectivity index (χ4n) is 1.03. The minimum atomic E-state index is -4.40. The lowest BCUT2D eigenvalue weighted by molar-refractivity contribution is -0.137. The second-order valence-corrected chi connectivity index (χ2v) is 3.23. The van der Waals surface area contributed by atoms with E-state index in [1.165, 1.54) is 0 Å². The van der Waals surface area contributed by atoms with Crippen LogP contribution in [0.2, 0.25) is 5.15 Å². The molecule has 0 aliphatic heterocycles. The van der Waals surface area contributed by atoms with Gasteiger partial charge < -0.3 is 0 Å². The molecule has 0 amide bonds. The largest absolute Gasteiger partial charge is 0.417 e. The molecule has 1 aromatic heterocycles. The van der Waals surface area contributed by atoms with Crippen LogP contribution < -0.4 is 0 Å². The summed E-state index contributed by atoms with van der Waals surface area (Å²) in [7, 11) is 0. The molecule has 1 aromatic rings. The first-order chi connectivity index (χ1) is 6.95. The number of nitrogens with zero attached hydrogens (tertiary/aromatic N) is 1. The standard InChI is InChI=1S/C10H7ClF3N/c1-2-3-4-7-5-8(10(12,13)14)6-15-9(7)11/h1,5-6H,3-4H2. The lowest BCUT2D eigenvalue weighted by Crippen LogP contribution is -2.06. The van der Waals surface area contributed by atoms with Crippen molar-refractivity contribution in [2.24, 2.45) is 0 Å². The van der Waals surface area contributed by atoms with Crippen molar-refractivity contribution in [2.75, 3.05) is 0 Å². The summed E-state index contributed by atoms with van der Waals surface area (Å²) in [5.41, 5.74) is -0.483. The number of pyridine rings is 1. The van der Waals surface area contributed by atoms with Gasteiger partial charge in [0.1, 0.15) is 5.15 Å². The molecule has 5 heteroatoms. The van der Waals surface area contributed by atoms with Crippen molar-refractivity contribution in [3.63, 3.8) is 0 Å². The Morgan fingerprint density at radius 1 is 1.47 bits per heavy atom. The predicted molar refractivity (Wildman–Crippen MR) is 51.4 cm³/mol.